The summed E-state index contributed by atoms with van der Waals surface area (Å²) in [5, 5.41) is 10.5. The minimum absolute atomic E-state index is 0.136. The quantitative estimate of drug-likeness (QED) is 0.854. The maximum Gasteiger partial charge on any atom is 0.226 e. The molecule has 0 radical (unpaired) electrons. The van der Waals surface area contributed by atoms with Gasteiger partial charge in [-0.3, -0.25) is 9.48 Å². The van der Waals surface area contributed by atoms with E-state index in [4.69, 9.17) is 11.6 Å². The molecule has 0 aliphatic heterocycles. The van der Waals surface area contributed by atoms with Crippen LogP contribution >= 0.6 is 11.6 Å². The van der Waals surface area contributed by atoms with Crippen molar-refractivity contribution < 1.29 is 4.79 Å². The third-order valence-corrected chi connectivity index (χ3v) is 2.70. The summed E-state index contributed by atoms with van der Waals surface area (Å²) >= 11 is 5.92. The van der Waals surface area contributed by atoms with E-state index < -0.39 is 0 Å². The van der Waals surface area contributed by atoms with Crippen molar-refractivity contribution in [3.63, 3.8) is 0 Å². The molecule has 94 valence electrons. The van der Waals surface area contributed by atoms with E-state index in [-0.39, 0.29) is 5.91 Å². The topological polar surface area (TPSA) is 72.7 Å². The van der Waals surface area contributed by atoms with Crippen molar-refractivity contribution in [3.8, 4) is 0 Å². The van der Waals surface area contributed by atoms with Gasteiger partial charge in [-0.1, -0.05) is 16.8 Å². The number of aromatic nitrogens is 4. The molecule has 0 saturated carbocycles. The zero-order valence-corrected chi connectivity index (χ0v) is 10.6. The SMILES string of the molecule is Cc1ccnc(Cl)c1NC(=O)CCn1ccnn1. The van der Waals surface area contributed by atoms with Crippen LogP contribution in [-0.4, -0.2) is 25.9 Å². The second-order valence-corrected chi connectivity index (χ2v) is 4.12. The monoisotopic (exact) mass is 265 g/mol. The molecule has 0 aromatic carbocycles. The van der Waals surface area contributed by atoms with Gasteiger partial charge in [0.1, 0.15) is 0 Å². The molecular weight excluding hydrogens is 254 g/mol. The van der Waals surface area contributed by atoms with Gasteiger partial charge in [-0.25, -0.2) is 4.98 Å². The highest BCUT2D eigenvalue weighted by Gasteiger charge is 2.09. The van der Waals surface area contributed by atoms with E-state index in [0.29, 0.717) is 23.8 Å². The highest BCUT2D eigenvalue weighted by Crippen LogP contribution is 2.22. The zero-order chi connectivity index (χ0) is 13.0. The molecule has 6 nitrogen and oxygen atoms in total. The average molecular weight is 266 g/mol. The molecule has 0 aliphatic rings. The van der Waals surface area contributed by atoms with Crippen LogP contribution in [0.15, 0.2) is 24.7 Å². The Kier molecular flexibility index (Phi) is 3.88. The Morgan fingerprint density at radius 3 is 3.00 bits per heavy atom. The summed E-state index contributed by atoms with van der Waals surface area (Å²) in [6, 6.07) is 1.79. The van der Waals surface area contributed by atoms with E-state index in [1.165, 1.54) is 0 Å². The number of rotatable bonds is 4. The molecule has 0 spiro atoms. The first kappa shape index (κ1) is 12.5. The maximum atomic E-state index is 11.8. The van der Waals surface area contributed by atoms with Gasteiger partial charge in [0.05, 0.1) is 18.4 Å². The molecule has 0 aliphatic carbocycles. The van der Waals surface area contributed by atoms with Crippen LogP contribution in [-0.2, 0) is 11.3 Å². The first-order valence-corrected chi connectivity index (χ1v) is 5.79. The molecule has 2 aromatic rings. The highest BCUT2D eigenvalue weighted by atomic mass is 35.5. The Balaban J connectivity index is 1.95. The van der Waals surface area contributed by atoms with Crippen LogP contribution in [0.3, 0.4) is 0 Å². The van der Waals surface area contributed by atoms with Crippen LogP contribution in [0.4, 0.5) is 5.69 Å². The highest BCUT2D eigenvalue weighted by molar-refractivity contribution is 6.32. The Morgan fingerprint density at radius 1 is 1.50 bits per heavy atom. The fourth-order valence-electron chi connectivity index (χ4n) is 1.45. The summed E-state index contributed by atoms with van der Waals surface area (Å²) in [7, 11) is 0. The number of hydrogen-bond donors (Lipinski definition) is 1. The molecule has 1 N–H and O–H groups in total. The van der Waals surface area contributed by atoms with Crippen molar-refractivity contribution in [2.45, 2.75) is 19.9 Å². The zero-order valence-electron chi connectivity index (χ0n) is 9.80. The summed E-state index contributed by atoms with van der Waals surface area (Å²) in [4.78, 5) is 15.7. The summed E-state index contributed by atoms with van der Waals surface area (Å²) in [5.41, 5.74) is 1.44. The Labute approximate surface area is 109 Å². The molecule has 2 aromatic heterocycles. The number of anilines is 1. The minimum Gasteiger partial charge on any atom is -0.323 e. The lowest BCUT2D eigenvalue weighted by Gasteiger charge is -2.09. The second kappa shape index (κ2) is 5.59. The Bertz CT molecular complexity index is 520. The van der Waals surface area contributed by atoms with Crippen LogP contribution in [0.5, 0.6) is 0 Å². The molecular formula is C11H12ClN5O. The molecule has 18 heavy (non-hydrogen) atoms. The molecule has 0 saturated heterocycles. The third-order valence-electron chi connectivity index (χ3n) is 2.42. The first-order valence-electron chi connectivity index (χ1n) is 5.42. The number of carbonyl (C=O) groups is 1. The smallest absolute Gasteiger partial charge is 0.226 e. The number of amides is 1. The normalized spacial score (nSPS) is 10.3. The summed E-state index contributed by atoms with van der Waals surface area (Å²) in [6.07, 6.45) is 5.17. The van der Waals surface area contributed by atoms with Crippen molar-refractivity contribution in [1.82, 2.24) is 20.0 Å². The predicted molar refractivity (Wildman–Crippen MR) is 67.3 cm³/mol. The van der Waals surface area contributed by atoms with Crippen LogP contribution < -0.4 is 5.32 Å². The third kappa shape index (κ3) is 3.04. The van der Waals surface area contributed by atoms with Crippen molar-refractivity contribution in [1.29, 1.82) is 0 Å². The molecule has 7 heteroatoms. The van der Waals surface area contributed by atoms with Crippen LogP contribution in [0, 0.1) is 6.92 Å². The maximum absolute atomic E-state index is 11.8. The van der Waals surface area contributed by atoms with E-state index in [9.17, 15) is 4.79 Å². The van der Waals surface area contributed by atoms with E-state index in [0.717, 1.165) is 5.56 Å². The number of nitrogens with one attached hydrogen (secondary N) is 1. The Morgan fingerprint density at radius 2 is 2.33 bits per heavy atom. The molecule has 2 heterocycles. The molecule has 2 rings (SSSR count). The Hall–Kier alpha value is -1.95. The second-order valence-electron chi connectivity index (χ2n) is 3.76. The summed E-state index contributed by atoms with van der Waals surface area (Å²) < 4.78 is 1.59. The van der Waals surface area contributed by atoms with Crippen molar-refractivity contribution in [2.24, 2.45) is 0 Å². The van der Waals surface area contributed by atoms with E-state index in [1.54, 1.807) is 29.3 Å². The summed E-state index contributed by atoms with van der Waals surface area (Å²) in [6.45, 7) is 2.34. The van der Waals surface area contributed by atoms with Crippen LogP contribution in [0.2, 0.25) is 5.15 Å². The lowest BCUT2D eigenvalue weighted by Crippen LogP contribution is -2.16. The number of aryl methyl sites for hydroxylation is 2. The molecule has 0 bridgehead atoms. The fraction of sp³-hybridized carbons (Fsp3) is 0.273. The van der Waals surface area contributed by atoms with Gasteiger partial charge in [0.15, 0.2) is 5.15 Å². The molecule has 1 amide bonds. The van der Waals surface area contributed by atoms with Gasteiger partial charge < -0.3 is 5.32 Å². The van der Waals surface area contributed by atoms with E-state index in [1.807, 2.05) is 6.92 Å². The van der Waals surface area contributed by atoms with Crippen molar-refractivity contribution >= 4 is 23.2 Å². The number of hydrogen-bond acceptors (Lipinski definition) is 4. The largest absolute Gasteiger partial charge is 0.323 e. The lowest BCUT2D eigenvalue weighted by atomic mass is 10.2. The van der Waals surface area contributed by atoms with Crippen LogP contribution in [0.1, 0.15) is 12.0 Å². The molecule has 0 atom stereocenters. The van der Waals surface area contributed by atoms with E-state index >= 15 is 0 Å². The predicted octanol–water partition coefficient (Wildman–Crippen LogP) is 1.66. The fourth-order valence-corrected chi connectivity index (χ4v) is 1.70. The number of pyridine rings is 1. The van der Waals surface area contributed by atoms with Crippen molar-refractivity contribution in [2.75, 3.05) is 5.32 Å². The van der Waals surface area contributed by atoms with E-state index in [2.05, 4.69) is 20.6 Å². The van der Waals surface area contributed by atoms with Gasteiger partial charge in [-0.05, 0) is 18.6 Å². The van der Waals surface area contributed by atoms with Gasteiger partial charge in [0.2, 0.25) is 5.91 Å². The van der Waals surface area contributed by atoms with Gasteiger partial charge in [-0.2, -0.15) is 0 Å². The number of carbonyl (C=O) groups excluding carboxylic acids is 1. The number of nitrogens with zero attached hydrogens (tertiary/aromatic N) is 4. The van der Waals surface area contributed by atoms with Gasteiger partial charge >= 0.3 is 0 Å². The minimum atomic E-state index is -0.136. The molecule has 0 fully saturated rings. The van der Waals surface area contributed by atoms with Crippen LogP contribution in [0.25, 0.3) is 0 Å². The molecule has 0 unspecified atom stereocenters. The first-order chi connectivity index (χ1) is 8.66. The van der Waals surface area contributed by atoms with Gasteiger partial charge in [0.25, 0.3) is 0 Å². The standard InChI is InChI=1S/C11H12ClN5O/c1-8-2-4-13-11(12)10(8)15-9(18)3-6-17-7-5-14-16-17/h2,4-5,7H,3,6H2,1H3,(H,15,18). The lowest BCUT2D eigenvalue weighted by molar-refractivity contribution is -0.116. The van der Waals surface area contributed by atoms with Gasteiger partial charge in [0, 0.05) is 18.8 Å². The van der Waals surface area contributed by atoms with Gasteiger partial charge in [-0.15, -0.1) is 5.10 Å². The summed E-state index contributed by atoms with van der Waals surface area (Å²) in [5.74, 6) is -0.136. The number of halogens is 1. The van der Waals surface area contributed by atoms with Crippen molar-refractivity contribution in [3.05, 3.63) is 35.4 Å². The average Bonchev–Trinajstić information content (AvgIpc) is 2.84.